The lowest BCUT2D eigenvalue weighted by Gasteiger charge is -2.24. The Balaban J connectivity index is 2.16. The van der Waals surface area contributed by atoms with Gasteiger partial charge in [-0.25, -0.2) is 0 Å². The van der Waals surface area contributed by atoms with Gasteiger partial charge in [-0.1, -0.05) is 30.3 Å². The normalized spacial score (nSPS) is 27.6. The van der Waals surface area contributed by atoms with Gasteiger partial charge in [0.25, 0.3) is 0 Å². The lowest BCUT2D eigenvalue weighted by atomic mass is 9.82. The van der Waals surface area contributed by atoms with Gasteiger partial charge in [0.2, 0.25) is 0 Å². The molecule has 1 N–H and O–H groups in total. The van der Waals surface area contributed by atoms with E-state index in [1.807, 2.05) is 30.3 Å². The largest absolute Gasteiger partial charge is 0.393 e. The van der Waals surface area contributed by atoms with E-state index in [9.17, 15) is 9.90 Å². The van der Waals surface area contributed by atoms with Crippen molar-refractivity contribution in [3.63, 3.8) is 0 Å². The number of hydrogen-bond acceptors (Lipinski definition) is 2. The smallest absolute Gasteiger partial charge is 0.142 e. The lowest BCUT2D eigenvalue weighted by Crippen LogP contribution is -2.26. The highest BCUT2D eigenvalue weighted by molar-refractivity contribution is 5.86. The van der Waals surface area contributed by atoms with Crippen LogP contribution in [0.4, 0.5) is 0 Å². The van der Waals surface area contributed by atoms with Crippen molar-refractivity contribution in [1.29, 1.82) is 0 Å². The molecule has 0 amide bonds. The Morgan fingerprint density at radius 2 is 1.86 bits per heavy atom. The summed E-state index contributed by atoms with van der Waals surface area (Å²) in [5, 5.41) is 9.32. The molecule has 74 valence electrons. The second kappa shape index (κ2) is 3.93. The summed E-state index contributed by atoms with van der Waals surface area (Å²) in [7, 11) is 0. The molecule has 0 aliphatic heterocycles. The number of ketones is 1. The van der Waals surface area contributed by atoms with Crippen molar-refractivity contribution in [2.24, 2.45) is 0 Å². The zero-order chi connectivity index (χ0) is 9.97. The second-order valence-corrected chi connectivity index (χ2v) is 3.86. The summed E-state index contributed by atoms with van der Waals surface area (Å²) in [6.45, 7) is 0. The van der Waals surface area contributed by atoms with Crippen LogP contribution in [0.15, 0.2) is 30.3 Å². The van der Waals surface area contributed by atoms with Crippen LogP contribution in [0.3, 0.4) is 0 Å². The van der Waals surface area contributed by atoms with Gasteiger partial charge in [0, 0.05) is 12.3 Å². The lowest BCUT2D eigenvalue weighted by molar-refractivity contribution is -0.124. The monoisotopic (exact) mass is 190 g/mol. The summed E-state index contributed by atoms with van der Waals surface area (Å²) >= 11 is 0. The zero-order valence-electron chi connectivity index (χ0n) is 8.02. The first-order chi connectivity index (χ1) is 6.77. The quantitative estimate of drug-likeness (QED) is 0.734. The number of carbonyl (C=O) groups excluding carboxylic acids is 1. The maximum Gasteiger partial charge on any atom is 0.142 e. The summed E-state index contributed by atoms with van der Waals surface area (Å²) in [4.78, 5) is 11.6. The van der Waals surface area contributed by atoms with E-state index < -0.39 is 6.10 Å². The van der Waals surface area contributed by atoms with Crippen LogP contribution < -0.4 is 0 Å². The minimum Gasteiger partial charge on any atom is -0.393 e. The molecule has 1 aromatic carbocycles. The summed E-state index contributed by atoms with van der Waals surface area (Å²) in [6, 6.07) is 9.83. The standard InChI is InChI=1S/C12H14O2/c13-10-6-7-11(12(14)8-10)9-4-2-1-3-5-9/h1-5,10-11,13H,6-8H2/t10-,11?/m0/s1. The molecule has 14 heavy (non-hydrogen) atoms. The summed E-state index contributed by atoms with van der Waals surface area (Å²) in [5.41, 5.74) is 1.09. The van der Waals surface area contributed by atoms with E-state index in [-0.39, 0.29) is 11.7 Å². The number of carbonyl (C=O) groups is 1. The van der Waals surface area contributed by atoms with E-state index in [4.69, 9.17) is 0 Å². The van der Waals surface area contributed by atoms with E-state index in [1.54, 1.807) is 0 Å². The third-order valence-corrected chi connectivity index (χ3v) is 2.82. The van der Waals surface area contributed by atoms with Gasteiger partial charge >= 0.3 is 0 Å². The van der Waals surface area contributed by atoms with Gasteiger partial charge in [-0.15, -0.1) is 0 Å². The van der Waals surface area contributed by atoms with Crippen molar-refractivity contribution >= 4 is 5.78 Å². The molecule has 2 atom stereocenters. The molecule has 1 unspecified atom stereocenters. The molecular formula is C12H14O2. The van der Waals surface area contributed by atoms with Crippen molar-refractivity contribution in [3.05, 3.63) is 35.9 Å². The van der Waals surface area contributed by atoms with Crippen LogP contribution in [0.2, 0.25) is 0 Å². The molecule has 2 nitrogen and oxygen atoms in total. The Bertz CT molecular complexity index is 318. The molecule has 2 rings (SSSR count). The molecule has 1 aromatic rings. The van der Waals surface area contributed by atoms with E-state index >= 15 is 0 Å². The zero-order valence-corrected chi connectivity index (χ0v) is 8.02. The predicted molar refractivity (Wildman–Crippen MR) is 54.0 cm³/mol. The van der Waals surface area contributed by atoms with E-state index in [2.05, 4.69) is 0 Å². The minimum absolute atomic E-state index is 0.0135. The van der Waals surface area contributed by atoms with Crippen LogP contribution in [-0.2, 0) is 4.79 Å². The summed E-state index contributed by atoms with van der Waals surface area (Å²) < 4.78 is 0. The van der Waals surface area contributed by atoms with Crippen molar-refractivity contribution in [2.45, 2.75) is 31.3 Å². The van der Waals surface area contributed by atoms with Crippen molar-refractivity contribution < 1.29 is 9.90 Å². The Morgan fingerprint density at radius 3 is 2.50 bits per heavy atom. The highest BCUT2D eigenvalue weighted by Gasteiger charge is 2.28. The van der Waals surface area contributed by atoms with Gasteiger partial charge in [0.15, 0.2) is 0 Å². The number of aliphatic hydroxyl groups excluding tert-OH is 1. The van der Waals surface area contributed by atoms with Crippen molar-refractivity contribution in [3.8, 4) is 0 Å². The predicted octanol–water partition coefficient (Wildman–Crippen LogP) is 1.88. The fourth-order valence-corrected chi connectivity index (χ4v) is 2.03. The highest BCUT2D eigenvalue weighted by Crippen LogP contribution is 2.29. The topological polar surface area (TPSA) is 37.3 Å². The Labute approximate surface area is 83.6 Å². The molecular weight excluding hydrogens is 176 g/mol. The fourth-order valence-electron chi connectivity index (χ4n) is 2.03. The Kier molecular flexibility index (Phi) is 2.64. The molecule has 2 heteroatoms. The van der Waals surface area contributed by atoms with Gasteiger partial charge in [-0.05, 0) is 18.4 Å². The molecule has 0 radical (unpaired) electrons. The Morgan fingerprint density at radius 1 is 1.14 bits per heavy atom. The van der Waals surface area contributed by atoms with E-state index in [1.165, 1.54) is 0 Å². The molecule has 1 saturated carbocycles. The van der Waals surface area contributed by atoms with Crippen LogP contribution in [-0.4, -0.2) is 17.0 Å². The SMILES string of the molecule is O=C1C[C@@H](O)CCC1c1ccccc1. The first-order valence-electron chi connectivity index (χ1n) is 5.03. The maximum absolute atomic E-state index is 11.6. The third kappa shape index (κ3) is 1.85. The number of aliphatic hydroxyl groups is 1. The number of benzene rings is 1. The van der Waals surface area contributed by atoms with Crippen LogP contribution >= 0.6 is 0 Å². The van der Waals surface area contributed by atoms with Gasteiger partial charge in [-0.2, -0.15) is 0 Å². The fraction of sp³-hybridized carbons (Fsp3) is 0.417. The number of Topliss-reactive ketones (excluding diaryl/α,β-unsaturated/α-hetero) is 1. The van der Waals surface area contributed by atoms with E-state index in [0.717, 1.165) is 18.4 Å². The third-order valence-electron chi connectivity index (χ3n) is 2.82. The second-order valence-electron chi connectivity index (χ2n) is 3.86. The van der Waals surface area contributed by atoms with E-state index in [0.29, 0.717) is 6.42 Å². The summed E-state index contributed by atoms with van der Waals surface area (Å²) in [6.07, 6.45) is 1.43. The van der Waals surface area contributed by atoms with Gasteiger partial charge in [0.05, 0.1) is 6.10 Å². The average Bonchev–Trinajstić information content (AvgIpc) is 2.19. The maximum atomic E-state index is 11.6. The molecule has 0 saturated heterocycles. The molecule has 0 aromatic heterocycles. The number of rotatable bonds is 1. The first-order valence-corrected chi connectivity index (χ1v) is 5.03. The molecule has 0 heterocycles. The van der Waals surface area contributed by atoms with Crippen LogP contribution in [0.25, 0.3) is 0 Å². The minimum atomic E-state index is -0.414. The van der Waals surface area contributed by atoms with Crippen molar-refractivity contribution in [1.82, 2.24) is 0 Å². The van der Waals surface area contributed by atoms with Gasteiger partial charge in [-0.3, -0.25) is 4.79 Å². The highest BCUT2D eigenvalue weighted by atomic mass is 16.3. The Hall–Kier alpha value is -1.15. The van der Waals surface area contributed by atoms with Gasteiger partial charge in [0.1, 0.15) is 5.78 Å². The molecule has 1 aliphatic rings. The molecule has 1 aliphatic carbocycles. The van der Waals surface area contributed by atoms with Crippen LogP contribution in [0.1, 0.15) is 30.7 Å². The molecule has 0 spiro atoms. The molecule has 0 bridgehead atoms. The first kappa shape index (κ1) is 9.41. The van der Waals surface area contributed by atoms with Crippen LogP contribution in [0, 0.1) is 0 Å². The molecule has 1 fully saturated rings. The summed E-state index contributed by atoms with van der Waals surface area (Å²) in [5.74, 6) is 0.189. The number of hydrogen-bond donors (Lipinski definition) is 1. The van der Waals surface area contributed by atoms with Gasteiger partial charge < -0.3 is 5.11 Å². The van der Waals surface area contributed by atoms with Crippen LogP contribution in [0.5, 0.6) is 0 Å². The average molecular weight is 190 g/mol. The van der Waals surface area contributed by atoms with Crippen molar-refractivity contribution in [2.75, 3.05) is 0 Å².